The van der Waals surface area contributed by atoms with E-state index in [0.717, 1.165) is 9.26 Å². The number of hydrogen-bond donors (Lipinski definition) is 1. The summed E-state index contributed by atoms with van der Waals surface area (Å²) >= 11 is 2.22. The quantitative estimate of drug-likeness (QED) is 0.707. The van der Waals surface area contributed by atoms with Gasteiger partial charge in [0.05, 0.1) is 12.2 Å². The molecular weight excluding hydrogens is 446 g/mol. The van der Waals surface area contributed by atoms with Crippen LogP contribution in [0.4, 0.5) is 15.8 Å². The second-order valence-electron chi connectivity index (χ2n) is 6.06. The van der Waals surface area contributed by atoms with Crippen LogP contribution in [-0.4, -0.2) is 43.5 Å². The van der Waals surface area contributed by atoms with Crippen LogP contribution in [0.5, 0.6) is 0 Å². The van der Waals surface area contributed by atoms with Gasteiger partial charge in [-0.3, -0.25) is 9.69 Å². The lowest BCUT2D eigenvalue weighted by Crippen LogP contribution is -2.48. The summed E-state index contributed by atoms with van der Waals surface area (Å²) in [6, 6.07) is 14.3. The van der Waals surface area contributed by atoms with Gasteiger partial charge in [-0.2, -0.15) is 5.26 Å². The molecule has 1 aliphatic rings. The van der Waals surface area contributed by atoms with Crippen molar-refractivity contribution < 1.29 is 9.18 Å². The van der Waals surface area contributed by atoms with Gasteiger partial charge in [0, 0.05) is 35.4 Å². The first-order chi connectivity index (χ1) is 12.6. The first-order valence-corrected chi connectivity index (χ1v) is 9.36. The second kappa shape index (κ2) is 8.47. The fourth-order valence-electron chi connectivity index (χ4n) is 2.97. The first-order valence-electron chi connectivity index (χ1n) is 8.28. The van der Waals surface area contributed by atoms with Crippen LogP contribution < -0.4 is 10.2 Å². The van der Waals surface area contributed by atoms with Gasteiger partial charge in [0.2, 0.25) is 5.91 Å². The summed E-state index contributed by atoms with van der Waals surface area (Å²) in [5.74, 6) is -0.549. The molecule has 1 fully saturated rings. The Bertz CT molecular complexity index is 826. The molecule has 3 rings (SSSR count). The van der Waals surface area contributed by atoms with E-state index in [1.807, 2.05) is 35.2 Å². The topological polar surface area (TPSA) is 59.4 Å². The van der Waals surface area contributed by atoms with Gasteiger partial charge < -0.3 is 10.2 Å². The van der Waals surface area contributed by atoms with Gasteiger partial charge in [0.1, 0.15) is 17.4 Å². The third-order valence-electron chi connectivity index (χ3n) is 4.31. The number of halogens is 2. The van der Waals surface area contributed by atoms with E-state index in [2.05, 4.69) is 32.8 Å². The van der Waals surface area contributed by atoms with Crippen LogP contribution in [0.15, 0.2) is 42.5 Å². The van der Waals surface area contributed by atoms with Crippen LogP contribution >= 0.6 is 22.6 Å². The molecule has 1 aliphatic heterocycles. The number of nitrogens with zero attached hydrogens (tertiary/aromatic N) is 3. The van der Waals surface area contributed by atoms with Gasteiger partial charge in [0.25, 0.3) is 0 Å². The van der Waals surface area contributed by atoms with Crippen molar-refractivity contribution in [2.24, 2.45) is 0 Å². The molecule has 134 valence electrons. The molecule has 26 heavy (non-hydrogen) atoms. The maximum absolute atomic E-state index is 13.8. The van der Waals surface area contributed by atoms with Gasteiger partial charge >= 0.3 is 0 Å². The van der Waals surface area contributed by atoms with Gasteiger partial charge in [-0.05, 0) is 59.0 Å². The van der Waals surface area contributed by atoms with Gasteiger partial charge in [-0.25, -0.2) is 4.39 Å². The zero-order chi connectivity index (χ0) is 18.5. The zero-order valence-corrected chi connectivity index (χ0v) is 16.2. The Kier molecular flexibility index (Phi) is 6.06. The number of piperazine rings is 1. The maximum atomic E-state index is 13.8. The molecule has 7 heteroatoms. The summed E-state index contributed by atoms with van der Waals surface area (Å²) in [7, 11) is 0. The van der Waals surface area contributed by atoms with Crippen LogP contribution in [0, 0.1) is 20.7 Å². The molecule has 2 aromatic carbocycles. The first kappa shape index (κ1) is 18.6. The highest BCUT2D eigenvalue weighted by Crippen LogP contribution is 2.23. The lowest BCUT2D eigenvalue weighted by molar-refractivity contribution is -0.117. The van der Waals surface area contributed by atoms with Crippen LogP contribution in [-0.2, 0) is 4.79 Å². The number of anilines is 2. The van der Waals surface area contributed by atoms with Crippen molar-refractivity contribution in [2.45, 2.75) is 0 Å². The van der Waals surface area contributed by atoms with Crippen LogP contribution in [0.1, 0.15) is 5.56 Å². The van der Waals surface area contributed by atoms with Crippen molar-refractivity contribution in [1.82, 2.24) is 4.90 Å². The Balaban J connectivity index is 1.54. The average Bonchev–Trinajstić information content (AvgIpc) is 2.64. The molecule has 0 aromatic heterocycles. The number of benzene rings is 2. The Morgan fingerprint density at radius 2 is 1.85 bits per heavy atom. The summed E-state index contributed by atoms with van der Waals surface area (Å²) in [6.45, 7) is 2.97. The lowest BCUT2D eigenvalue weighted by Gasteiger charge is -2.36. The van der Waals surface area contributed by atoms with E-state index < -0.39 is 5.82 Å². The van der Waals surface area contributed by atoms with E-state index in [0.29, 0.717) is 38.4 Å². The Hall–Kier alpha value is -2.18. The van der Waals surface area contributed by atoms with Crippen molar-refractivity contribution in [3.63, 3.8) is 0 Å². The molecular formula is C19H18FIN4O. The van der Waals surface area contributed by atoms with E-state index in [1.54, 1.807) is 12.1 Å². The molecule has 0 radical (unpaired) electrons. The number of nitrogens with one attached hydrogen (secondary N) is 1. The van der Waals surface area contributed by atoms with E-state index in [4.69, 9.17) is 0 Å². The minimum atomic E-state index is -0.496. The van der Waals surface area contributed by atoms with Crippen LogP contribution in [0.25, 0.3) is 0 Å². The normalized spacial score (nSPS) is 14.7. The standard InChI is InChI=1S/C19H18FIN4O/c20-17-2-1-3-18(16(17)12-22)25-10-8-24(9-11-25)13-19(26)23-15-6-4-14(21)5-7-15/h1-7H,8-11,13H2,(H,23,26). The van der Waals surface area contributed by atoms with Crippen molar-refractivity contribution in [3.05, 3.63) is 57.4 Å². The molecule has 0 saturated carbocycles. The van der Waals surface area contributed by atoms with Crippen molar-refractivity contribution >= 4 is 39.9 Å². The SMILES string of the molecule is N#Cc1c(F)cccc1N1CCN(CC(=O)Nc2ccc(I)cc2)CC1. The number of carbonyl (C=O) groups excluding carboxylic acids is 1. The maximum Gasteiger partial charge on any atom is 0.238 e. The minimum Gasteiger partial charge on any atom is -0.368 e. The third kappa shape index (κ3) is 4.51. The monoisotopic (exact) mass is 464 g/mol. The molecule has 1 N–H and O–H groups in total. The Morgan fingerprint density at radius 1 is 1.15 bits per heavy atom. The van der Waals surface area contributed by atoms with Crippen LogP contribution in [0.3, 0.4) is 0 Å². The molecule has 2 aromatic rings. The molecule has 1 heterocycles. The number of carbonyl (C=O) groups is 1. The number of hydrogen-bond acceptors (Lipinski definition) is 4. The average molecular weight is 464 g/mol. The fraction of sp³-hybridized carbons (Fsp3) is 0.263. The van der Waals surface area contributed by atoms with Crippen molar-refractivity contribution in [2.75, 3.05) is 42.9 Å². The highest BCUT2D eigenvalue weighted by molar-refractivity contribution is 14.1. The lowest BCUT2D eigenvalue weighted by atomic mass is 10.1. The van der Waals surface area contributed by atoms with Gasteiger partial charge in [-0.1, -0.05) is 6.07 Å². The summed E-state index contributed by atoms with van der Waals surface area (Å²) < 4.78 is 14.9. The molecule has 1 amide bonds. The number of rotatable bonds is 4. The minimum absolute atomic E-state index is 0.0527. The highest BCUT2D eigenvalue weighted by atomic mass is 127. The Morgan fingerprint density at radius 3 is 2.50 bits per heavy atom. The molecule has 5 nitrogen and oxygen atoms in total. The number of nitriles is 1. The predicted molar refractivity (Wildman–Crippen MR) is 108 cm³/mol. The summed E-state index contributed by atoms with van der Waals surface area (Å²) in [5, 5.41) is 12.1. The van der Waals surface area contributed by atoms with Crippen LogP contribution in [0.2, 0.25) is 0 Å². The van der Waals surface area contributed by atoms with Gasteiger partial charge in [0.15, 0.2) is 0 Å². The summed E-state index contributed by atoms with van der Waals surface area (Å²) in [5.41, 5.74) is 1.49. The molecule has 0 atom stereocenters. The molecule has 0 bridgehead atoms. The molecule has 0 unspecified atom stereocenters. The van der Waals surface area contributed by atoms with E-state index in [-0.39, 0.29) is 11.5 Å². The Labute approximate surface area is 165 Å². The highest BCUT2D eigenvalue weighted by Gasteiger charge is 2.22. The van der Waals surface area contributed by atoms with E-state index in [9.17, 15) is 14.4 Å². The fourth-order valence-corrected chi connectivity index (χ4v) is 3.33. The summed E-state index contributed by atoms with van der Waals surface area (Å²) in [6.07, 6.45) is 0. The predicted octanol–water partition coefficient (Wildman–Crippen LogP) is 3.06. The third-order valence-corrected chi connectivity index (χ3v) is 5.03. The van der Waals surface area contributed by atoms with E-state index in [1.165, 1.54) is 6.07 Å². The molecule has 1 saturated heterocycles. The molecule has 0 aliphatic carbocycles. The smallest absolute Gasteiger partial charge is 0.238 e. The van der Waals surface area contributed by atoms with Crippen molar-refractivity contribution in [3.8, 4) is 6.07 Å². The van der Waals surface area contributed by atoms with E-state index >= 15 is 0 Å². The number of amides is 1. The van der Waals surface area contributed by atoms with Crippen molar-refractivity contribution in [1.29, 1.82) is 5.26 Å². The summed E-state index contributed by atoms with van der Waals surface area (Å²) in [4.78, 5) is 16.3. The largest absolute Gasteiger partial charge is 0.368 e. The van der Waals surface area contributed by atoms with Gasteiger partial charge in [-0.15, -0.1) is 0 Å². The second-order valence-corrected chi connectivity index (χ2v) is 7.31. The molecule has 0 spiro atoms. The zero-order valence-electron chi connectivity index (χ0n) is 14.1.